The first-order chi connectivity index (χ1) is 11.7. The average Bonchev–Trinajstić information content (AvgIpc) is 2.62. The Kier molecular flexibility index (Phi) is 5.49. The molecule has 4 nitrogen and oxygen atoms in total. The molecule has 126 valence electrons. The molecule has 24 heavy (non-hydrogen) atoms. The number of hydrogen-bond acceptors (Lipinski definition) is 2. The van der Waals surface area contributed by atoms with Crippen molar-refractivity contribution in [1.29, 1.82) is 0 Å². The standard InChI is InChI=1S/C20H25N3O/c1-23(20(24)21-12-11-16-7-3-2-4-8-16)15-19-13-17-9-5-6-10-18(17)14-22-19/h2-10,19,22H,11-15H2,1H3,(H,21,24)/t19-/m0/s1. The minimum Gasteiger partial charge on any atom is -0.338 e. The molecule has 2 aromatic carbocycles. The monoisotopic (exact) mass is 323 g/mol. The minimum absolute atomic E-state index is 0.00779. The topological polar surface area (TPSA) is 44.4 Å². The molecule has 1 aliphatic heterocycles. The molecular formula is C20H25N3O. The Morgan fingerprint density at radius 3 is 2.62 bits per heavy atom. The van der Waals surface area contributed by atoms with Crippen LogP contribution in [-0.2, 0) is 19.4 Å². The maximum Gasteiger partial charge on any atom is 0.317 e. The average molecular weight is 323 g/mol. The lowest BCUT2D eigenvalue weighted by Gasteiger charge is -2.29. The lowest BCUT2D eigenvalue weighted by atomic mass is 9.96. The van der Waals surface area contributed by atoms with Crippen LogP contribution in [0.3, 0.4) is 0 Å². The van der Waals surface area contributed by atoms with Crippen molar-refractivity contribution in [2.24, 2.45) is 0 Å². The van der Waals surface area contributed by atoms with Crippen LogP contribution in [0.4, 0.5) is 4.79 Å². The molecule has 1 atom stereocenters. The van der Waals surface area contributed by atoms with Gasteiger partial charge in [0.2, 0.25) is 0 Å². The summed E-state index contributed by atoms with van der Waals surface area (Å²) in [6.07, 6.45) is 1.83. The van der Waals surface area contributed by atoms with Crippen LogP contribution in [0.25, 0.3) is 0 Å². The molecule has 0 saturated carbocycles. The van der Waals surface area contributed by atoms with Gasteiger partial charge in [0, 0.05) is 32.7 Å². The van der Waals surface area contributed by atoms with Gasteiger partial charge in [-0.05, 0) is 29.5 Å². The van der Waals surface area contributed by atoms with Crippen LogP contribution < -0.4 is 10.6 Å². The summed E-state index contributed by atoms with van der Waals surface area (Å²) in [6, 6.07) is 19.0. The molecule has 4 heteroatoms. The fourth-order valence-corrected chi connectivity index (χ4v) is 3.16. The third-order valence-corrected chi connectivity index (χ3v) is 4.54. The summed E-state index contributed by atoms with van der Waals surface area (Å²) in [4.78, 5) is 14.0. The Morgan fingerprint density at radius 2 is 1.83 bits per heavy atom. The smallest absolute Gasteiger partial charge is 0.317 e. The highest BCUT2D eigenvalue weighted by Crippen LogP contribution is 2.16. The second-order valence-electron chi connectivity index (χ2n) is 6.40. The molecule has 2 N–H and O–H groups in total. The molecule has 1 aliphatic rings. The lowest BCUT2D eigenvalue weighted by Crippen LogP contribution is -2.48. The number of hydrogen-bond donors (Lipinski definition) is 2. The highest BCUT2D eigenvalue weighted by molar-refractivity contribution is 5.73. The SMILES string of the molecule is CN(C[C@@H]1Cc2ccccc2CN1)C(=O)NCCc1ccccc1. The molecule has 2 aromatic rings. The first-order valence-corrected chi connectivity index (χ1v) is 8.55. The third kappa shape index (κ3) is 4.36. The molecule has 0 aliphatic carbocycles. The summed E-state index contributed by atoms with van der Waals surface area (Å²) in [5, 5.41) is 6.52. The van der Waals surface area contributed by atoms with E-state index in [0.717, 1.165) is 19.4 Å². The Hall–Kier alpha value is -2.33. The van der Waals surface area contributed by atoms with E-state index in [1.165, 1.54) is 16.7 Å². The Balaban J connectivity index is 1.43. The zero-order valence-electron chi connectivity index (χ0n) is 14.2. The van der Waals surface area contributed by atoms with Crippen LogP contribution in [0.1, 0.15) is 16.7 Å². The first-order valence-electron chi connectivity index (χ1n) is 8.55. The van der Waals surface area contributed by atoms with Crippen molar-refractivity contribution >= 4 is 6.03 Å². The van der Waals surface area contributed by atoms with E-state index in [9.17, 15) is 4.79 Å². The number of likely N-dealkylation sites (N-methyl/N-ethyl adjacent to an activating group) is 1. The fraction of sp³-hybridized carbons (Fsp3) is 0.350. The van der Waals surface area contributed by atoms with E-state index in [4.69, 9.17) is 0 Å². The fourth-order valence-electron chi connectivity index (χ4n) is 3.16. The molecule has 1 heterocycles. The van der Waals surface area contributed by atoms with Crippen LogP contribution in [0, 0.1) is 0 Å². The second-order valence-corrected chi connectivity index (χ2v) is 6.40. The largest absolute Gasteiger partial charge is 0.338 e. The van der Waals surface area contributed by atoms with Gasteiger partial charge in [0.05, 0.1) is 0 Å². The van der Waals surface area contributed by atoms with Gasteiger partial charge in [0.1, 0.15) is 0 Å². The predicted octanol–water partition coefficient (Wildman–Crippen LogP) is 2.59. The van der Waals surface area contributed by atoms with Gasteiger partial charge in [0.15, 0.2) is 0 Å². The molecule has 0 bridgehead atoms. The van der Waals surface area contributed by atoms with Gasteiger partial charge in [-0.2, -0.15) is 0 Å². The van der Waals surface area contributed by atoms with Crippen molar-refractivity contribution < 1.29 is 4.79 Å². The van der Waals surface area contributed by atoms with E-state index >= 15 is 0 Å². The van der Waals surface area contributed by atoms with Crippen molar-refractivity contribution in [3.05, 3.63) is 71.3 Å². The number of nitrogens with zero attached hydrogens (tertiary/aromatic N) is 1. The summed E-state index contributed by atoms with van der Waals surface area (Å²) in [6.45, 7) is 2.25. The van der Waals surface area contributed by atoms with E-state index in [1.54, 1.807) is 4.90 Å². The molecule has 0 unspecified atom stereocenters. The quantitative estimate of drug-likeness (QED) is 0.888. The zero-order valence-corrected chi connectivity index (χ0v) is 14.2. The molecule has 3 rings (SSSR count). The zero-order chi connectivity index (χ0) is 16.8. The van der Waals surface area contributed by atoms with Crippen molar-refractivity contribution in [2.45, 2.75) is 25.4 Å². The van der Waals surface area contributed by atoms with Crippen LogP contribution >= 0.6 is 0 Å². The van der Waals surface area contributed by atoms with Crippen LogP contribution in [0.15, 0.2) is 54.6 Å². The Morgan fingerprint density at radius 1 is 1.12 bits per heavy atom. The van der Waals surface area contributed by atoms with Gasteiger partial charge in [-0.15, -0.1) is 0 Å². The number of nitrogens with one attached hydrogen (secondary N) is 2. The van der Waals surface area contributed by atoms with Gasteiger partial charge in [-0.1, -0.05) is 54.6 Å². The molecule has 2 amide bonds. The highest BCUT2D eigenvalue weighted by Gasteiger charge is 2.20. The summed E-state index contributed by atoms with van der Waals surface area (Å²) in [5.74, 6) is 0. The number of carbonyl (C=O) groups is 1. The van der Waals surface area contributed by atoms with E-state index in [2.05, 4.69) is 47.0 Å². The maximum absolute atomic E-state index is 12.2. The van der Waals surface area contributed by atoms with Crippen molar-refractivity contribution in [3.8, 4) is 0 Å². The molecule has 0 saturated heterocycles. The highest BCUT2D eigenvalue weighted by atomic mass is 16.2. The lowest BCUT2D eigenvalue weighted by molar-refractivity contribution is 0.202. The van der Waals surface area contributed by atoms with Crippen LogP contribution in [-0.4, -0.2) is 37.1 Å². The Bertz CT molecular complexity index is 672. The van der Waals surface area contributed by atoms with Gasteiger partial charge in [-0.3, -0.25) is 0 Å². The van der Waals surface area contributed by atoms with Gasteiger partial charge < -0.3 is 15.5 Å². The summed E-state index contributed by atoms with van der Waals surface area (Å²) >= 11 is 0. The summed E-state index contributed by atoms with van der Waals surface area (Å²) < 4.78 is 0. The number of amides is 2. The predicted molar refractivity (Wildman–Crippen MR) is 96.9 cm³/mol. The van der Waals surface area contributed by atoms with E-state index in [1.807, 2.05) is 25.2 Å². The molecular weight excluding hydrogens is 298 g/mol. The summed E-state index contributed by atoms with van der Waals surface area (Å²) in [5.41, 5.74) is 3.99. The second kappa shape index (κ2) is 7.97. The molecule has 0 fully saturated rings. The number of benzene rings is 2. The number of fused-ring (bicyclic) bond motifs is 1. The minimum atomic E-state index is -0.00779. The summed E-state index contributed by atoms with van der Waals surface area (Å²) in [7, 11) is 1.86. The van der Waals surface area contributed by atoms with Gasteiger partial charge in [-0.25, -0.2) is 4.79 Å². The van der Waals surface area contributed by atoms with E-state index < -0.39 is 0 Å². The number of urea groups is 1. The third-order valence-electron chi connectivity index (χ3n) is 4.54. The molecule has 0 spiro atoms. The van der Waals surface area contributed by atoms with Crippen molar-refractivity contribution in [2.75, 3.05) is 20.1 Å². The number of rotatable bonds is 5. The maximum atomic E-state index is 12.2. The van der Waals surface area contributed by atoms with E-state index in [0.29, 0.717) is 19.1 Å². The molecule has 0 aromatic heterocycles. The van der Waals surface area contributed by atoms with Crippen molar-refractivity contribution in [1.82, 2.24) is 15.5 Å². The van der Waals surface area contributed by atoms with Crippen LogP contribution in [0.5, 0.6) is 0 Å². The molecule has 0 radical (unpaired) electrons. The van der Waals surface area contributed by atoms with E-state index in [-0.39, 0.29) is 6.03 Å². The van der Waals surface area contributed by atoms with Gasteiger partial charge >= 0.3 is 6.03 Å². The normalized spacial score (nSPS) is 16.3. The first kappa shape index (κ1) is 16.5. The van der Waals surface area contributed by atoms with Crippen molar-refractivity contribution in [3.63, 3.8) is 0 Å². The Labute approximate surface area is 143 Å². The van der Waals surface area contributed by atoms with Crippen LogP contribution in [0.2, 0.25) is 0 Å². The van der Waals surface area contributed by atoms with Gasteiger partial charge in [0.25, 0.3) is 0 Å². The number of carbonyl (C=O) groups excluding carboxylic acids is 1.